The summed E-state index contributed by atoms with van der Waals surface area (Å²) in [6, 6.07) is 3.51. The molecule has 0 amide bonds. The Morgan fingerprint density at radius 2 is 2.06 bits per heavy atom. The maximum absolute atomic E-state index is 13.4. The third-order valence-corrected chi connectivity index (χ3v) is 4.04. The first-order chi connectivity index (χ1) is 8.16. The number of aromatic amines is 1. The minimum absolute atomic E-state index is 0.151. The molecule has 0 bridgehead atoms. The topological polar surface area (TPSA) is 20.7 Å². The van der Waals surface area contributed by atoms with Gasteiger partial charge in [0.05, 0.1) is 16.1 Å². The molecule has 1 saturated carbocycles. The van der Waals surface area contributed by atoms with E-state index < -0.39 is 5.82 Å². The van der Waals surface area contributed by atoms with Crippen LogP contribution in [0.5, 0.6) is 0 Å². The second kappa shape index (κ2) is 4.10. The van der Waals surface area contributed by atoms with Gasteiger partial charge in [-0.15, -0.1) is 0 Å². The van der Waals surface area contributed by atoms with Crippen LogP contribution in [0.1, 0.15) is 31.7 Å². The molecule has 17 heavy (non-hydrogen) atoms. The number of H-pyrrole nitrogens is 1. The normalized spacial score (nSPS) is 17.1. The lowest BCUT2D eigenvalue weighted by molar-refractivity contribution is 0.526. The molecule has 1 fully saturated rings. The molecule has 5 heteroatoms. The summed E-state index contributed by atoms with van der Waals surface area (Å²) in [5, 5.41) is 0.151. The molecule has 2 aromatic rings. The van der Waals surface area contributed by atoms with Crippen molar-refractivity contribution in [1.29, 1.82) is 0 Å². The highest BCUT2D eigenvalue weighted by atomic mass is 35.5. The fourth-order valence-electron chi connectivity index (χ4n) is 2.65. The third-order valence-electron chi connectivity index (χ3n) is 3.45. The van der Waals surface area contributed by atoms with Crippen LogP contribution in [0.25, 0.3) is 11.0 Å². The third kappa shape index (κ3) is 1.79. The van der Waals surface area contributed by atoms with E-state index in [2.05, 4.69) is 9.55 Å². The van der Waals surface area contributed by atoms with Gasteiger partial charge in [-0.3, -0.25) is 0 Å². The summed E-state index contributed by atoms with van der Waals surface area (Å²) in [6.07, 6.45) is 4.73. The molecule has 0 radical (unpaired) electrons. The molecule has 0 spiro atoms. The molecule has 1 aromatic carbocycles. The predicted octanol–water partition coefficient (Wildman–Crippen LogP) is 4.61. The van der Waals surface area contributed by atoms with Gasteiger partial charge in [0, 0.05) is 12.1 Å². The average Bonchev–Trinajstić information content (AvgIpc) is 2.86. The van der Waals surface area contributed by atoms with Crippen LogP contribution in [0.2, 0.25) is 5.02 Å². The van der Waals surface area contributed by atoms with Gasteiger partial charge >= 0.3 is 0 Å². The number of hydrogen-bond acceptors (Lipinski definition) is 1. The van der Waals surface area contributed by atoms with E-state index >= 15 is 0 Å². The Bertz CT molecular complexity index is 625. The molecule has 1 heterocycles. The fraction of sp³-hybridized carbons (Fsp3) is 0.417. The maximum Gasteiger partial charge on any atom is 0.178 e. The molecule has 90 valence electrons. The van der Waals surface area contributed by atoms with E-state index in [0.29, 0.717) is 10.8 Å². The van der Waals surface area contributed by atoms with Crippen molar-refractivity contribution >= 4 is 34.9 Å². The Labute approximate surface area is 108 Å². The van der Waals surface area contributed by atoms with Crippen LogP contribution in [-0.2, 0) is 0 Å². The van der Waals surface area contributed by atoms with Gasteiger partial charge in [0.25, 0.3) is 0 Å². The van der Waals surface area contributed by atoms with Crippen LogP contribution in [0, 0.1) is 10.6 Å². The van der Waals surface area contributed by atoms with Crippen LogP contribution < -0.4 is 0 Å². The quantitative estimate of drug-likeness (QED) is 0.751. The molecule has 0 aliphatic heterocycles. The second-order valence-corrected chi connectivity index (χ2v) is 5.32. The molecule has 0 unspecified atom stereocenters. The Balaban J connectivity index is 2.26. The molecule has 1 aromatic heterocycles. The number of imidazole rings is 1. The van der Waals surface area contributed by atoms with E-state index in [0.717, 1.165) is 23.9 Å². The first kappa shape index (κ1) is 11.2. The average molecular weight is 271 g/mol. The number of hydrogen-bond donors (Lipinski definition) is 1. The van der Waals surface area contributed by atoms with Crippen LogP contribution in [-0.4, -0.2) is 9.55 Å². The molecule has 3 rings (SSSR count). The van der Waals surface area contributed by atoms with Crippen molar-refractivity contribution in [2.75, 3.05) is 0 Å². The number of aromatic nitrogens is 2. The number of nitrogens with one attached hydrogen (secondary N) is 1. The predicted molar refractivity (Wildman–Crippen MR) is 69.6 cm³/mol. The zero-order chi connectivity index (χ0) is 12.0. The Hall–Kier alpha value is -0.870. The van der Waals surface area contributed by atoms with Gasteiger partial charge < -0.3 is 9.55 Å². The van der Waals surface area contributed by atoms with Crippen molar-refractivity contribution in [3.63, 3.8) is 0 Å². The summed E-state index contributed by atoms with van der Waals surface area (Å²) in [6.45, 7) is 0. The Morgan fingerprint density at radius 1 is 1.35 bits per heavy atom. The van der Waals surface area contributed by atoms with Gasteiger partial charge in [-0.25, -0.2) is 4.39 Å². The highest BCUT2D eigenvalue weighted by Gasteiger charge is 2.20. The lowest BCUT2D eigenvalue weighted by Gasteiger charge is -2.12. The first-order valence-electron chi connectivity index (χ1n) is 5.76. The highest BCUT2D eigenvalue weighted by Crippen LogP contribution is 2.33. The number of nitrogens with zero attached hydrogens (tertiary/aromatic N) is 1. The number of halogens is 2. The molecule has 1 aliphatic rings. The van der Waals surface area contributed by atoms with Crippen LogP contribution in [0.3, 0.4) is 0 Å². The maximum atomic E-state index is 13.4. The van der Waals surface area contributed by atoms with Gasteiger partial charge in [-0.1, -0.05) is 24.4 Å². The molecular weight excluding hydrogens is 259 g/mol. The van der Waals surface area contributed by atoms with E-state index in [-0.39, 0.29) is 5.02 Å². The zero-order valence-electron chi connectivity index (χ0n) is 9.17. The lowest BCUT2D eigenvalue weighted by Crippen LogP contribution is -2.04. The molecule has 0 atom stereocenters. The molecular formula is C12H12ClFN2S. The van der Waals surface area contributed by atoms with Gasteiger partial charge in [-0.2, -0.15) is 0 Å². The summed E-state index contributed by atoms with van der Waals surface area (Å²) in [7, 11) is 0. The van der Waals surface area contributed by atoms with Crippen LogP contribution in [0.4, 0.5) is 4.39 Å². The standard InChI is InChI=1S/C12H12ClFN2S/c13-8-5-11-10(6-9(8)14)15-12(17)16(11)7-3-1-2-4-7/h5-7H,1-4H2,(H,15,17). The zero-order valence-corrected chi connectivity index (χ0v) is 10.7. The summed E-state index contributed by atoms with van der Waals surface area (Å²) in [5.41, 5.74) is 1.64. The van der Waals surface area contributed by atoms with Crippen LogP contribution in [0.15, 0.2) is 12.1 Å². The monoisotopic (exact) mass is 270 g/mol. The van der Waals surface area contributed by atoms with Gasteiger partial charge in [-0.05, 0) is 31.1 Å². The SMILES string of the molecule is Fc1cc2[nH]c(=S)n(C3CCCC3)c2cc1Cl. The number of rotatable bonds is 1. The first-order valence-corrected chi connectivity index (χ1v) is 6.54. The molecule has 0 saturated heterocycles. The largest absolute Gasteiger partial charge is 0.330 e. The minimum atomic E-state index is -0.408. The fourth-order valence-corrected chi connectivity index (χ4v) is 3.16. The summed E-state index contributed by atoms with van der Waals surface area (Å²) in [5.74, 6) is -0.408. The second-order valence-electron chi connectivity index (χ2n) is 4.52. The van der Waals surface area contributed by atoms with Crippen molar-refractivity contribution in [3.05, 3.63) is 27.7 Å². The van der Waals surface area contributed by atoms with Crippen molar-refractivity contribution in [1.82, 2.24) is 9.55 Å². The molecule has 2 nitrogen and oxygen atoms in total. The van der Waals surface area contributed by atoms with E-state index in [9.17, 15) is 4.39 Å². The Morgan fingerprint density at radius 3 is 2.76 bits per heavy atom. The summed E-state index contributed by atoms with van der Waals surface area (Å²) >= 11 is 11.2. The van der Waals surface area contributed by atoms with E-state index in [1.54, 1.807) is 6.07 Å². The smallest absolute Gasteiger partial charge is 0.178 e. The van der Waals surface area contributed by atoms with Gasteiger partial charge in [0.2, 0.25) is 0 Å². The highest BCUT2D eigenvalue weighted by molar-refractivity contribution is 7.71. The minimum Gasteiger partial charge on any atom is -0.330 e. The number of benzene rings is 1. The van der Waals surface area contributed by atoms with Crippen LogP contribution >= 0.6 is 23.8 Å². The van der Waals surface area contributed by atoms with Crippen molar-refractivity contribution in [2.24, 2.45) is 0 Å². The van der Waals surface area contributed by atoms with Crippen molar-refractivity contribution in [2.45, 2.75) is 31.7 Å². The van der Waals surface area contributed by atoms with Gasteiger partial charge in [0.15, 0.2) is 4.77 Å². The molecule has 1 N–H and O–H groups in total. The Kier molecular flexibility index (Phi) is 2.71. The summed E-state index contributed by atoms with van der Waals surface area (Å²) < 4.78 is 16.1. The summed E-state index contributed by atoms with van der Waals surface area (Å²) in [4.78, 5) is 3.05. The van der Waals surface area contributed by atoms with E-state index in [1.807, 2.05) is 0 Å². The molecule has 1 aliphatic carbocycles. The van der Waals surface area contributed by atoms with E-state index in [1.165, 1.54) is 18.9 Å². The number of fused-ring (bicyclic) bond motifs is 1. The van der Waals surface area contributed by atoms with E-state index in [4.69, 9.17) is 23.8 Å². The van der Waals surface area contributed by atoms with Crippen molar-refractivity contribution < 1.29 is 4.39 Å². The van der Waals surface area contributed by atoms with Crippen molar-refractivity contribution in [3.8, 4) is 0 Å². The van der Waals surface area contributed by atoms with Gasteiger partial charge in [0.1, 0.15) is 5.82 Å². The lowest BCUT2D eigenvalue weighted by atomic mass is 10.2.